The zero-order valence-electron chi connectivity index (χ0n) is 9.80. The van der Waals surface area contributed by atoms with Crippen LogP contribution in [0, 0.1) is 10.8 Å². The van der Waals surface area contributed by atoms with Crippen LogP contribution in [0.15, 0.2) is 0 Å². The summed E-state index contributed by atoms with van der Waals surface area (Å²) in [5, 5.41) is 8.66. The number of rotatable bonds is 3. The fourth-order valence-corrected chi connectivity index (χ4v) is 2.59. The second-order valence-electron chi connectivity index (χ2n) is 5.52. The van der Waals surface area contributed by atoms with Gasteiger partial charge in [-0.2, -0.15) is 0 Å². The molecule has 1 N–H and O–H groups in total. The van der Waals surface area contributed by atoms with Gasteiger partial charge in [-0.3, -0.25) is 9.59 Å². The Morgan fingerprint density at radius 2 is 1.93 bits per heavy atom. The van der Waals surface area contributed by atoms with Gasteiger partial charge < -0.3 is 5.11 Å². The molecule has 3 nitrogen and oxygen atoms in total. The van der Waals surface area contributed by atoms with Crippen molar-refractivity contribution in [1.82, 2.24) is 0 Å². The Morgan fingerprint density at radius 3 is 2.47 bits per heavy atom. The quantitative estimate of drug-likeness (QED) is 0.782. The summed E-state index contributed by atoms with van der Waals surface area (Å²) in [6, 6.07) is 0. The van der Waals surface area contributed by atoms with Gasteiger partial charge in [0.2, 0.25) is 0 Å². The van der Waals surface area contributed by atoms with Crippen LogP contribution in [0.2, 0.25) is 0 Å². The van der Waals surface area contributed by atoms with Crippen molar-refractivity contribution in [3.63, 3.8) is 0 Å². The minimum Gasteiger partial charge on any atom is -0.481 e. The second kappa shape index (κ2) is 3.95. The third-order valence-corrected chi connectivity index (χ3v) is 3.58. The van der Waals surface area contributed by atoms with E-state index in [-0.39, 0.29) is 17.6 Å². The van der Waals surface area contributed by atoms with Crippen LogP contribution >= 0.6 is 0 Å². The van der Waals surface area contributed by atoms with E-state index < -0.39 is 11.4 Å². The lowest BCUT2D eigenvalue weighted by molar-refractivity contribution is -0.143. The van der Waals surface area contributed by atoms with Gasteiger partial charge in [0.05, 0.1) is 0 Å². The summed E-state index contributed by atoms with van der Waals surface area (Å²) in [4.78, 5) is 22.7. The molecular formula is C12H20O3. The highest BCUT2D eigenvalue weighted by Crippen LogP contribution is 2.45. The molecule has 3 heteroatoms. The van der Waals surface area contributed by atoms with E-state index in [0.717, 1.165) is 19.3 Å². The number of carbonyl (C=O) groups is 2. The SMILES string of the molecule is CC1(C)CCC[C@@](C)(CCC(=O)O)C1=O. The fraction of sp³-hybridized carbons (Fsp3) is 0.833. The van der Waals surface area contributed by atoms with Gasteiger partial charge in [-0.1, -0.05) is 27.2 Å². The number of hydrogen-bond donors (Lipinski definition) is 1. The highest BCUT2D eigenvalue weighted by atomic mass is 16.4. The van der Waals surface area contributed by atoms with E-state index in [0.29, 0.717) is 6.42 Å². The van der Waals surface area contributed by atoms with E-state index in [1.165, 1.54) is 0 Å². The smallest absolute Gasteiger partial charge is 0.303 e. The lowest BCUT2D eigenvalue weighted by Gasteiger charge is -2.41. The first-order chi connectivity index (χ1) is 6.78. The summed E-state index contributed by atoms with van der Waals surface area (Å²) in [5.74, 6) is -0.574. The molecule has 0 saturated heterocycles. The number of carboxylic acid groups (broad SMARTS) is 1. The zero-order chi connectivity index (χ0) is 11.7. The molecule has 0 unspecified atom stereocenters. The van der Waals surface area contributed by atoms with Crippen molar-refractivity contribution < 1.29 is 14.7 Å². The monoisotopic (exact) mass is 212 g/mol. The molecule has 0 aromatic carbocycles. The first-order valence-electron chi connectivity index (χ1n) is 5.55. The number of hydrogen-bond acceptors (Lipinski definition) is 2. The predicted octanol–water partition coefficient (Wildman–Crippen LogP) is 2.64. The Balaban J connectivity index is 2.74. The van der Waals surface area contributed by atoms with Crippen LogP contribution in [0.3, 0.4) is 0 Å². The van der Waals surface area contributed by atoms with Gasteiger partial charge >= 0.3 is 5.97 Å². The first-order valence-corrected chi connectivity index (χ1v) is 5.55. The van der Waals surface area contributed by atoms with Crippen molar-refractivity contribution in [2.24, 2.45) is 10.8 Å². The minimum absolute atomic E-state index is 0.0956. The molecule has 86 valence electrons. The number of carbonyl (C=O) groups excluding carboxylic acids is 1. The first kappa shape index (κ1) is 12.2. The fourth-order valence-electron chi connectivity index (χ4n) is 2.59. The van der Waals surface area contributed by atoms with E-state index in [2.05, 4.69) is 0 Å². The molecule has 0 radical (unpaired) electrons. The highest BCUT2D eigenvalue weighted by molar-refractivity contribution is 5.90. The van der Waals surface area contributed by atoms with Crippen LogP contribution in [-0.2, 0) is 9.59 Å². The molecule has 0 bridgehead atoms. The minimum atomic E-state index is -0.813. The van der Waals surface area contributed by atoms with Crippen LogP contribution < -0.4 is 0 Å². The molecule has 1 aliphatic carbocycles. The van der Waals surface area contributed by atoms with Crippen LogP contribution in [0.1, 0.15) is 52.9 Å². The Hall–Kier alpha value is -0.860. The van der Waals surface area contributed by atoms with E-state index in [1.54, 1.807) is 0 Å². The summed E-state index contributed by atoms with van der Waals surface area (Å²) in [6.07, 6.45) is 3.36. The third-order valence-electron chi connectivity index (χ3n) is 3.58. The summed E-state index contributed by atoms with van der Waals surface area (Å²) in [7, 11) is 0. The van der Waals surface area contributed by atoms with Crippen molar-refractivity contribution in [3.8, 4) is 0 Å². The molecule has 1 rings (SSSR count). The van der Waals surface area contributed by atoms with E-state index >= 15 is 0 Å². The Bertz CT molecular complexity index is 281. The highest BCUT2D eigenvalue weighted by Gasteiger charge is 2.45. The molecule has 0 aromatic rings. The number of ketones is 1. The van der Waals surface area contributed by atoms with Gasteiger partial charge in [0.15, 0.2) is 0 Å². The summed E-state index contributed by atoms with van der Waals surface area (Å²) in [5.41, 5.74) is -0.689. The van der Waals surface area contributed by atoms with Crippen LogP contribution in [0.4, 0.5) is 0 Å². The molecule has 0 amide bonds. The van der Waals surface area contributed by atoms with Gasteiger partial charge in [0.25, 0.3) is 0 Å². The van der Waals surface area contributed by atoms with Gasteiger partial charge in [-0.05, 0) is 19.3 Å². The lowest BCUT2D eigenvalue weighted by Crippen LogP contribution is -2.42. The molecular weight excluding hydrogens is 192 g/mol. The summed E-state index contributed by atoms with van der Waals surface area (Å²) < 4.78 is 0. The maximum atomic E-state index is 12.2. The van der Waals surface area contributed by atoms with Gasteiger partial charge in [-0.25, -0.2) is 0 Å². The van der Waals surface area contributed by atoms with Crippen molar-refractivity contribution in [3.05, 3.63) is 0 Å². The molecule has 15 heavy (non-hydrogen) atoms. The van der Waals surface area contributed by atoms with Gasteiger partial charge in [-0.15, -0.1) is 0 Å². The van der Waals surface area contributed by atoms with Crippen LogP contribution in [0.5, 0.6) is 0 Å². The summed E-state index contributed by atoms with van der Waals surface area (Å²) in [6.45, 7) is 5.85. The molecule has 0 aromatic heterocycles. The Kier molecular flexibility index (Phi) is 3.22. The topological polar surface area (TPSA) is 54.4 Å². The Labute approximate surface area is 90.9 Å². The van der Waals surface area contributed by atoms with Crippen molar-refractivity contribution in [1.29, 1.82) is 0 Å². The molecule has 1 atom stereocenters. The largest absolute Gasteiger partial charge is 0.481 e. The predicted molar refractivity (Wildman–Crippen MR) is 57.6 cm³/mol. The number of carboxylic acids is 1. The molecule has 0 heterocycles. The lowest BCUT2D eigenvalue weighted by atomic mass is 9.62. The van der Waals surface area contributed by atoms with E-state index in [9.17, 15) is 9.59 Å². The maximum absolute atomic E-state index is 12.2. The van der Waals surface area contributed by atoms with Crippen molar-refractivity contribution in [2.45, 2.75) is 52.9 Å². The van der Waals surface area contributed by atoms with Gasteiger partial charge in [0, 0.05) is 17.3 Å². The molecule has 0 spiro atoms. The second-order valence-corrected chi connectivity index (χ2v) is 5.52. The van der Waals surface area contributed by atoms with Crippen molar-refractivity contribution in [2.75, 3.05) is 0 Å². The van der Waals surface area contributed by atoms with Gasteiger partial charge in [0.1, 0.15) is 5.78 Å². The van der Waals surface area contributed by atoms with E-state index in [1.807, 2.05) is 20.8 Å². The number of aliphatic carboxylic acids is 1. The standard InChI is InChI=1S/C12H20O3/c1-11(2)6-4-7-12(3,10(11)15)8-5-9(13)14/h4-8H2,1-3H3,(H,13,14)/t12-/m0/s1. The van der Waals surface area contributed by atoms with Crippen molar-refractivity contribution >= 4 is 11.8 Å². The summed E-state index contributed by atoms with van der Waals surface area (Å²) >= 11 is 0. The average molecular weight is 212 g/mol. The average Bonchev–Trinajstić information content (AvgIpc) is 2.11. The van der Waals surface area contributed by atoms with Crippen LogP contribution in [0.25, 0.3) is 0 Å². The number of Topliss-reactive ketones (excluding diaryl/α,β-unsaturated/α-hetero) is 1. The molecule has 1 aliphatic rings. The maximum Gasteiger partial charge on any atom is 0.303 e. The Morgan fingerprint density at radius 1 is 1.33 bits per heavy atom. The third kappa shape index (κ3) is 2.58. The molecule has 1 saturated carbocycles. The van der Waals surface area contributed by atoms with Crippen LogP contribution in [-0.4, -0.2) is 16.9 Å². The molecule has 0 aliphatic heterocycles. The van der Waals surface area contributed by atoms with E-state index in [4.69, 9.17) is 5.11 Å². The molecule has 1 fully saturated rings. The zero-order valence-corrected chi connectivity index (χ0v) is 9.80. The normalized spacial score (nSPS) is 30.2.